The Morgan fingerprint density at radius 3 is 2.19 bits per heavy atom. The highest BCUT2D eigenvalue weighted by atomic mass is 19.4. The molecule has 0 radical (unpaired) electrons. The molecule has 1 heterocycles. The van der Waals surface area contributed by atoms with Crippen LogP contribution in [0, 0.1) is 13.8 Å². The summed E-state index contributed by atoms with van der Waals surface area (Å²) in [6, 6.07) is 15.1. The van der Waals surface area contributed by atoms with E-state index in [4.69, 9.17) is 0 Å². The number of aryl methyl sites for hydroxylation is 2. The van der Waals surface area contributed by atoms with Gasteiger partial charge in [0.2, 0.25) is 5.88 Å². The molecule has 5 nitrogen and oxygen atoms in total. The average molecular weight is 495 g/mol. The molecule has 186 valence electrons. The van der Waals surface area contributed by atoms with Gasteiger partial charge in [-0.15, -0.1) is 0 Å². The third-order valence-electron chi connectivity index (χ3n) is 5.93. The van der Waals surface area contributed by atoms with Crippen molar-refractivity contribution in [3.8, 4) is 17.3 Å². The molecule has 0 bridgehead atoms. The Kier molecular flexibility index (Phi) is 6.63. The second-order valence-electron chi connectivity index (χ2n) is 8.89. The number of hydrogen-bond donors (Lipinski definition) is 2. The SMILES string of the molecule is CC(=NCC(=O)Cc1ccc(O)cc1)c1c(O)n(-c2cc(C)cc(C)c2)c2cc(C(F)(F)F)ccc12. The number of aromatic nitrogens is 1. The van der Waals surface area contributed by atoms with Crippen LogP contribution in [0.1, 0.15) is 34.7 Å². The van der Waals surface area contributed by atoms with Crippen LogP contribution in [0.4, 0.5) is 13.2 Å². The van der Waals surface area contributed by atoms with Crippen molar-refractivity contribution in [3.05, 3.63) is 88.5 Å². The third kappa shape index (κ3) is 5.12. The molecule has 0 unspecified atom stereocenters. The lowest BCUT2D eigenvalue weighted by atomic mass is 10.1. The molecule has 36 heavy (non-hydrogen) atoms. The van der Waals surface area contributed by atoms with Gasteiger partial charge in [-0.1, -0.05) is 24.3 Å². The predicted octanol–water partition coefficient (Wildman–Crippen LogP) is 6.30. The second-order valence-corrected chi connectivity index (χ2v) is 8.89. The minimum atomic E-state index is -4.55. The molecular formula is C28H25F3N2O3. The minimum absolute atomic E-state index is 0.101. The lowest BCUT2D eigenvalue weighted by Crippen LogP contribution is -2.09. The number of hydrogen-bond acceptors (Lipinski definition) is 4. The standard InChI is InChI=1S/C28H25F3N2O3/c1-16-10-17(2)12-21(11-16)33-25-14-20(28(29,30)31)6-9-24(25)26(27(33)36)18(3)32-15-23(35)13-19-4-7-22(34)8-5-19/h4-12,14,34,36H,13,15H2,1-3H3. The number of carbonyl (C=O) groups excluding carboxylic acids is 1. The van der Waals surface area contributed by atoms with Crippen LogP contribution in [0.3, 0.4) is 0 Å². The van der Waals surface area contributed by atoms with Gasteiger partial charge in [-0.25, -0.2) is 0 Å². The minimum Gasteiger partial charge on any atom is -0.508 e. The highest BCUT2D eigenvalue weighted by molar-refractivity contribution is 6.13. The molecule has 4 aromatic rings. The predicted molar refractivity (Wildman–Crippen MR) is 133 cm³/mol. The van der Waals surface area contributed by atoms with Gasteiger partial charge in [0, 0.05) is 23.2 Å². The number of alkyl halides is 3. The van der Waals surface area contributed by atoms with Gasteiger partial charge in [-0.3, -0.25) is 14.4 Å². The van der Waals surface area contributed by atoms with E-state index in [1.807, 2.05) is 19.9 Å². The monoisotopic (exact) mass is 494 g/mol. The molecular weight excluding hydrogens is 469 g/mol. The van der Waals surface area contributed by atoms with E-state index in [2.05, 4.69) is 4.99 Å². The van der Waals surface area contributed by atoms with Crippen LogP contribution in [-0.4, -0.2) is 32.8 Å². The zero-order valence-corrected chi connectivity index (χ0v) is 20.0. The number of phenolic OH excluding ortho intramolecular Hbond substituents is 1. The van der Waals surface area contributed by atoms with E-state index in [-0.39, 0.29) is 41.5 Å². The van der Waals surface area contributed by atoms with Crippen LogP contribution in [0.25, 0.3) is 16.6 Å². The van der Waals surface area contributed by atoms with Gasteiger partial charge < -0.3 is 10.2 Å². The summed E-state index contributed by atoms with van der Waals surface area (Å²) in [4.78, 5) is 16.8. The maximum atomic E-state index is 13.5. The van der Waals surface area contributed by atoms with Crippen molar-refractivity contribution in [2.45, 2.75) is 33.4 Å². The Morgan fingerprint density at radius 1 is 0.944 bits per heavy atom. The number of ketones is 1. The molecule has 0 aliphatic rings. The van der Waals surface area contributed by atoms with Crippen LogP contribution < -0.4 is 0 Å². The van der Waals surface area contributed by atoms with Crippen LogP contribution >= 0.6 is 0 Å². The summed E-state index contributed by atoms with van der Waals surface area (Å²) in [6.07, 6.45) is -4.44. The normalized spacial score (nSPS) is 12.3. The summed E-state index contributed by atoms with van der Waals surface area (Å²) < 4.78 is 41.9. The number of carbonyl (C=O) groups is 1. The van der Waals surface area contributed by atoms with E-state index in [1.165, 1.54) is 22.8 Å². The molecule has 0 aliphatic heterocycles. The molecule has 0 spiro atoms. The summed E-state index contributed by atoms with van der Waals surface area (Å²) in [5.74, 6) is -0.331. The van der Waals surface area contributed by atoms with E-state index < -0.39 is 11.7 Å². The van der Waals surface area contributed by atoms with Gasteiger partial charge >= 0.3 is 6.18 Å². The molecule has 1 aromatic heterocycles. The van der Waals surface area contributed by atoms with Crippen molar-refractivity contribution < 1.29 is 28.2 Å². The summed E-state index contributed by atoms with van der Waals surface area (Å²) in [7, 11) is 0. The van der Waals surface area contributed by atoms with Gasteiger partial charge in [0.05, 0.1) is 23.2 Å². The van der Waals surface area contributed by atoms with Crippen LogP contribution in [0.15, 0.2) is 65.7 Å². The van der Waals surface area contributed by atoms with Crippen molar-refractivity contribution in [3.63, 3.8) is 0 Å². The maximum Gasteiger partial charge on any atom is 0.416 e. The maximum absolute atomic E-state index is 13.5. The first kappa shape index (κ1) is 25.0. The molecule has 3 aromatic carbocycles. The number of benzene rings is 3. The number of fused-ring (bicyclic) bond motifs is 1. The number of rotatable bonds is 6. The molecule has 0 amide bonds. The molecule has 0 saturated carbocycles. The number of aromatic hydroxyl groups is 2. The highest BCUT2D eigenvalue weighted by Crippen LogP contribution is 2.39. The van der Waals surface area contributed by atoms with Gasteiger partial charge in [-0.2, -0.15) is 13.2 Å². The molecule has 8 heteroatoms. The quantitative estimate of drug-likeness (QED) is 0.309. The van der Waals surface area contributed by atoms with Gasteiger partial charge in [0.15, 0.2) is 5.78 Å². The zero-order valence-electron chi connectivity index (χ0n) is 20.0. The summed E-state index contributed by atoms with van der Waals surface area (Å²) >= 11 is 0. The van der Waals surface area contributed by atoms with E-state index in [0.29, 0.717) is 16.8 Å². The second kappa shape index (κ2) is 9.53. The van der Waals surface area contributed by atoms with Crippen LogP contribution in [0.2, 0.25) is 0 Å². The van der Waals surface area contributed by atoms with E-state index in [9.17, 15) is 28.2 Å². The Bertz CT molecular complexity index is 1460. The first-order valence-electron chi connectivity index (χ1n) is 11.3. The smallest absolute Gasteiger partial charge is 0.416 e. The van der Waals surface area contributed by atoms with Gasteiger partial charge in [0.1, 0.15) is 5.75 Å². The number of phenols is 1. The van der Waals surface area contributed by atoms with Crippen molar-refractivity contribution >= 4 is 22.4 Å². The topological polar surface area (TPSA) is 74.8 Å². The first-order chi connectivity index (χ1) is 16.9. The summed E-state index contributed by atoms with van der Waals surface area (Å²) in [6.45, 7) is 5.19. The van der Waals surface area contributed by atoms with Crippen molar-refractivity contribution in [2.75, 3.05) is 6.54 Å². The molecule has 0 aliphatic carbocycles. The lowest BCUT2D eigenvalue weighted by molar-refractivity contribution is -0.137. The Balaban J connectivity index is 1.78. The molecule has 0 atom stereocenters. The van der Waals surface area contributed by atoms with Crippen molar-refractivity contribution in [1.29, 1.82) is 0 Å². The lowest BCUT2D eigenvalue weighted by Gasteiger charge is -2.11. The Morgan fingerprint density at radius 2 is 1.58 bits per heavy atom. The number of Topliss-reactive ketones (excluding diaryl/α,β-unsaturated/α-hetero) is 1. The van der Waals surface area contributed by atoms with Crippen molar-refractivity contribution in [2.24, 2.45) is 4.99 Å². The summed E-state index contributed by atoms with van der Waals surface area (Å²) in [5, 5.41) is 21.0. The molecule has 0 fully saturated rings. The van der Waals surface area contributed by atoms with E-state index in [0.717, 1.165) is 28.8 Å². The van der Waals surface area contributed by atoms with Gasteiger partial charge in [0.25, 0.3) is 0 Å². The highest BCUT2D eigenvalue weighted by Gasteiger charge is 2.32. The fourth-order valence-corrected chi connectivity index (χ4v) is 4.33. The number of nitrogens with zero attached hydrogens (tertiary/aromatic N) is 2. The number of aliphatic imine (C=N–C) groups is 1. The molecule has 0 saturated heterocycles. The third-order valence-corrected chi connectivity index (χ3v) is 5.93. The van der Waals surface area contributed by atoms with Crippen LogP contribution in [-0.2, 0) is 17.4 Å². The average Bonchev–Trinajstić information content (AvgIpc) is 3.09. The Hall–Kier alpha value is -4.07. The molecule has 2 N–H and O–H groups in total. The van der Waals surface area contributed by atoms with E-state index >= 15 is 0 Å². The van der Waals surface area contributed by atoms with E-state index in [1.54, 1.807) is 31.2 Å². The number of halogens is 3. The Labute approximate surface area is 206 Å². The fraction of sp³-hybridized carbons (Fsp3) is 0.214. The fourth-order valence-electron chi connectivity index (χ4n) is 4.33. The van der Waals surface area contributed by atoms with Gasteiger partial charge in [-0.05, 0) is 73.9 Å². The zero-order chi connectivity index (χ0) is 26.2. The van der Waals surface area contributed by atoms with Crippen molar-refractivity contribution in [1.82, 2.24) is 4.57 Å². The molecule has 4 rings (SSSR count). The van der Waals surface area contributed by atoms with Crippen LogP contribution in [0.5, 0.6) is 11.6 Å². The summed E-state index contributed by atoms with van der Waals surface area (Å²) in [5.41, 5.74) is 3.00. The first-order valence-corrected chi connectivity index (χ1v) is 11.3. The largest absolute Gasteiger partial charge is 0.508 e.